The Morgan fingerprint density at radius 3 is 0.641 bits per heavy atom. The van der Waals surface area contributed by atoms with Crippen LogP contribution in [0.5, 0.6) is 0 Å². The molecule has 0 aliphatic carbocycles. The lowest BCUT2D eigenvalue weighted by atomic mass is 9.84. The normalized spacial score (nSPS) is 14.8. The van der Waals surface area contributed by atoms with Gasteiger partial charge in [-0.1, -0.05) is 83.1 Å². The molecule has 8 heteroatoms. The van der Waals surface area contributed by atoms with Crippen molar-refractivity contribution in [3.8, 4) is 0 Å². The standard InChI is InChI=1S/C31H64O8/c1-17-29(18-2,34-32-27(13,14)23-25(7,8)9)36-38-31(21-5,22-6)39-37-30(19-3,20-4)35-33-28(15,16)24-26(10,11)12/h17-24H2,1-16H3. The van der Waals surface area contributed by atoms with Crippen LogP contribution >= 0.6 is 0 Å². The molecule has 39 heavy (non-hydrogen) atoms. The number of rotatable bonds is 20. The van der Waals surface area contributed by atoms with Crippen molar-refractivity contribution in [2.24, 2.45) is 10.8 Å². The molecule has 0 aromatic rings. The first-order chi connectivity index (χ1) is 17.6. The van der Waals surface area contributed by atoms with Crippen molar-refractivity contribution < 1.29 is 39.1 Å². The molecule has 0 N–H and O–H groups in total. The second-order valence-electron chi connectivity index (χ2n) is 14.5. The topological polar surface area (TPSA) is 73.8 Å². The minimum atomic E-state index is -1.19. The summed E-state index contributed by atoms with van der Waals surface area (Å²) >= 11 is 0. The Bertz CT molecular complexity index is 609. The van der Waals surface area contributed by atoms with Crippen LogP contribution in [0.1, 0.15) is 162 Å². The minimum absolute atomic E-state index is 0.0782. The fraction of sp³-hybridized carbons (Fsp3) is 1.00. The highest BCUT2D eigenvalue weighted by Gasteiger charge is 2.43. The summed E-state index contributed by atoms with van der Waals surface area (Å²) in [6.45, 7) is 32.8. The number of hydrogen-bond acceptors (Lipinski definition) is 8. The van der Waals surface area contributed by atoms with Crippen molar-refractivity contribution >= 4 is 0 Å². The van der Waals surface area contributed by atoms with Gasteiger partial charge in [-0.3, -0.25) is 0 Å². The lowest BCUT2D eigenvalue weighted by molar-refractivity contribution is -0.618. The predicted molar refractivity (Wildman–Crippen MR) is 155 cm³/mol. The van der Waals surface area contributed by atoms with Crippen molar-refractivity contribution in [3.05, 3.63) is 0 Å². The third-order valence-electron chi connectivity index (χ3n) is 6.67. The molecule has 0 aromatic carbocycles. The van der Waals surface area contributed by atoms with E-state index in [-0.39, 0.29) is 10.8 Å². The van der Waals surface area contributed by atoms with E-state index in [4.69, 9.17) is 39.1 Å². The zero-order chi connectivity index (χ0) is 30.8. The molecule has 8 nitrogen and oxygen atoms in total. The molecular formula is C31H64O8. The van der Waals surface area contributed by atoms with E-state index in [1.807, 2.05) is 69.2 Å². The van der Waals surface area contributed by atoms with Gasteiger partial charge in [0.25, 0.3) is 0 Å². The van der Waals surface area contributed by atoms with Crippen LogP contribution < -0.4 is 0 Å². The summed E-state index contributed by atoms with van der Waals surface area (Å²) in [4.78, 5) is 47.6. The Hall–Kier alpha value is -0.320. The van der Waals surface area contributed by atoms with Crippen molar-refractivity contribution in [2.45, 2.75) is 191 Å². The van der Waals surface area contributed by atoms with E-state index in [0.29, 0.717) is 38.5 Å². The van der Waals surface area contributed by atoms with E-state index in [9.17, 15) is 0 Å². The molecule has 0 bridgehead atoms. The summed E-state index contributed by atoms with van der Waals surface area (Å²) in [5, 5.41) is 0. The summed E-state index contributed by atoms with van der Waals surface area (Å²) in [6.07, 6.45) is 4.56. The molecule has 0 amide bonds. The SMILES string of the molecule is CCC(CC)(OOC(C)(C)CC(C)(C)C)OOC(CC)(CC)OOC(CC)(CC)OOC(C)(C)CC(C)(C)C. The smallest absolute Gasteiger partial charge is 0.228 e. The van der Waals surface area contributed by atoms with Gasteiger partial charge in [-0.05, 0) is 51.4 Å². The van der Waals surface area contributed by atoms with Gasteiger partial charge in [0.05, 0.1) is 11.2 Å². The summed E-state index contributed by atoms with van der Waals surface area (Å²) in [5.41, 5.74) is -0.865. The highest BCUT2D eigenvalue weighted by atomic mass is 17.4. The van der Waals surface area contributed by atoms with Gasteiger partial charge >= 0.3 is 0 Å². The van der Waals surface area contributed by atoms with Crippen LogP contribution in [0, 0.1) is 10.8 Å². The highest BCUT2D eigenvalue weighted by molar-refractivity contribution is 4.77. The molecule has 0 aliphatic rings. The van der Waals surface area contributed by atoms with E-state index in [1.165, 1.54) is 0 Å². The Morgan fingerprint density at radius 2 is 0.487 bits per heavy atom. The molecule has 236 valence electrons. The van der Waals surface area contributed by atoms with Crippen LogP contribution in [0.25, 0.3) is 0 Å². The van der Waals surface area contributed by atoms with E-state index in [2.05, 4.69) is 41.5 Å². The van der Waals surface area contributed by atoms with Gasteiger partial charge in [-0.25, -0.2) is 9.78 Å². The van der Waals surface area contributed by atoms with E-state index in [0.717, 1.165) is 12.8 Å². The molecule has 0 aliphatic heterocycles. The molecule has 0 fully saturated rings. The predicted octanol–water partition coefficient (Wildman–Crippen LogP) is 9.76. The van der Waals surface area contributed by atoms with E-state index >= 15 is 0 Å². The van der Waals surface area contributed by atoms with E-state index < -0.39 is 28.6 Å². The van der Waals surface area contributed by atoms with Crippen LogP contribution in [-0.2, 0) is 39.1 Å². The fourth-order valence-corrected chi connectivity index (χ4v) is 4.79. The molecule has 0 atom stereocenters. The molecule has 0 heterocycles. The van der Waals surface area contributed by atoms with Crippen molar-refractivity contribution in [2.75, 3.05) is 0 Å². The molecule has 0 spiro atoms. The van der Waals surface area contributed by atoms with Gasteiger partial charge in [0.15, 0.2) is 0 Å². The van der Waals surface area contributed by atoms with E-state index in [1.54, 1.807) is 0 Å². The average molecular weight is 565 g/mol. The summed E-state index contributed by atoms with van der Waals surface area (Å²) in [6, 6.07) is 0. The maximum absolute atomic E-state index is 5.99. The quantitative estimate of drug-likeness (QED) is 0.0821. The van der Waals surface area contributed by atoms with Crippen molar-refractivity contribution in [3.63, 3.8) is 0 Å². The zero-order valence-electron chi connectivity index (χ0n) is 28.4. The minimum Gasteiger partial charge on any atom is -0.228 e. The maximum atomic E-state index is 5.99. The third-order valence-corrected chi connectivity index (χ3v) is 6.67. The summed E-state index contributed by atoms with van der Waals surface area (Å²) in [7, 11) is 0. The second-order valence-corrected chi connectivity index (χ2v) is 14.5. The van der Waals surface area contributed by atoms with Gasteiger partial charge in [-0.15, -0.1) is 0 Å². The lowest BCUT2D eigenvalue weighted by Gasteiger charge is -2.40. The van der Waals surface area contributed by atoms with Crippen LogP contribution in [-0.4, -0.2) is 28.6 Å². The zero-order valence-corrected chi connectivity index (χ0v) is 28.4. The fourth-order valence-electron chi connectivity index (χ4n) is 4.79. The highest BCUT2D eigenvalue weighted by Crippen LogP contribution is 2.37. The Balaban J connectivity index is 5.56. The van der Waals surface area contributed by atoms with Crippen LogP contribution in [0.4, 0.5) is 0 Å². The number of hydrogen-bond donors (Lipinski definition) is 0. The molecule has 0 aromatic heterocycles. The van der Waals surface area contributed by atoms with Crippen molar-refractivity contribution in [1.82, 2.24) is 0 Å². The monoisotopic (exact) mass is 564 g/mol. The van der Waals surface area contributed by atoms with Gasteiger partial charge in [0, 0.05) is 38.5 Å². The van der Waals surface area contributed by atoms with Gasteiger partial charge < -0.3 is 0 Å². The van der Waals surface area contributed by atoms with Crippen LogP contribution in [0.15, 0.2) is 0 Å². The third kappa shape index (κ3) is 14.4. The second kappa shape index (κ2) is 15.2. The van der Waals surface area contributed by atoms with Crippen LogP contribution in [0.2, 0.25) is 0 Å². The molecule has 0 unspecified atom stereocenters. The molecule has 0 radical (unpaired) electrons. The Morgan fingerprint density at radius 1 is 0.308 bits per heavy atom. The lowest BCUT2D eigenvalue weighted by Crippen LogP contribution is -2.46. The van der Waals surface area contributed by atoms with Crippen molar-refractivity contribution in [1.29, 1.82) is 0 Å². The first-order valence-corrected chi connectivity index (χ1v) is 15.1. The van der Waals surface area contributed by atoms with Crippen LogP contribution in [0.3, 0.4) is 0 Å². The average Bonchev–Trinajstić information content (AvgIpc) is 2.81. The first kappa shape index (κ1) is 38.7. The Kier molecular flexibility index (Phi) is 15.1. The molecule has 0 rings (SSSR count). The summed E-state index contributed by atoms with van der Waals surface area (Å²) < 4.78 is 0. The first-order valence-electron chi connectivity index (χ1n) is 15.1. The van der Waals surface area contributed by atoms with Gasteiger partial charge in [0.1, 0.15) is 0 Å². The maximum Gasteiger partial charge on any atom is 0.233 e. The molecule has 0 saturated carbocycles. The molecule has 0 saturated heterocycles. The molecular weight excluding hydrogens is 500 g/mol. The Labute approximate surface area is 240 Å². The van der Waals surface area contributed by atoms with Gasteiger partial charge in [-0.2, -0.15) is 29.3 Å². The largest absolute Gasteiger partial charge is 0.233 e. The van der Waals surface area contributed by atoms with Gasteiger partial charge in [0.2, 0.25) is 17.4 Å². The summed E-state index contributed by atoms with van der Waals surface area (Å²) in [5.74, 6) is -3.42.